The van der Waals surface area contributed by atoms with Crippen LogP contribution in [0.1, 0.15) is 34.0 Å². The van der Waals surface area contributed by atoms with E-state index in [1.165, 1.54) is 19.2 Å². The molecule has 0 saturated carbocycles. The van der Waals surface area contributed by atoms with E-state index in [4.69, 9.17) is 4.74 Å². The Morgan fingerprint density at radius 2 is 1.62 bits per heavy atom. The molecule has 1 aromatic carbocycles. The molecule has 0 aliphatic rings. The zero-order valence-electron chi connectivity index (χ0n) is 15.8. The number of H-pyrrole nitrogens is 2. The fourth-order valence-electron chi connectivity index (χ4n) is 3.40. The largest absolute Gasteiger partial charge is 0.507 e. The third-order valence-corrected chi connectivity index (χ3v) is 5.23. The number of aromatic hydroxyl groups is 3. The molecule has 1 atom stereocenters. The van der Waals surface area contributed by atoms with Gasteiger partial charge in [0.15, 0.2) is 11.5 Å². The standard InChI is InChI=1S/C20H19BrN2O6/c1-8-4-12(24)18(20(28)22-8)17(16-9(2)23-15(26)7-13(16)25)10-5-11(21)19(27)14(6-10)29-3/h4-7,17,27H,1-3H3,(H2,22,24,28)(H2,23,25,26). The molecule has 29 heavy (non-hydrogen) atoms. The first-order chi connectivity index (χ1) is 13.6. The molecule has 0 aliphatic heterocycles. The Morgan fingerprint density at radius 3 is 2.21 bits per heavy atom. The molecule has 2 heterocycles. The highest BCUT2D eigenvalue weighted by molar-refractivity contribution is 9.10. The molecule has 0 radical (unpaired) electrons. The van der Waals surface area contributed by atoms with Gasteiger partial charge in [-0.3, -0.25) is 9.59 Å². The molecule has 0 amide bonds. The minimum atomic E-state index is -0.970. The van der Waals surface area contributed by atoms with Crippen molar-refractivity contribution in [3.05, 3.63) is 77.5 Å². The quantitative estimate of drug-likeness (QED) is 0.404. The summed E-state index contributed by atoms with van der Waals surface area (Å²) in [6, 6.07) is 5.44. The lowest BCUT2D eigenvalue weighted by Crippen LogP contribution is -2.21. The highest BCUT2D eigenvalue weighted by atomic mass is 79.9. The lowest BCUT2D eigenvalue weighted by atomic mass is 9.83. The van der Waals surface area contributed by atoms with Crippen molar-refractivity contribution in [3.63, 3.8) is 0 Å². The zero-order valence-corrected chi connectivity index (χ0v) is 17.4. The summed E-state index contributed by atoms with van der Waals surface area (Å²) in [5.41, 5.74) is 0.357. The van der Waals surface area contributed by atoms with E-state index in [1.807, 2.05) is 0 Å². The van der Waals surface area contributed by atoms with Crippen molar-refractivity contribution >= 4 is 15.9 Å². The predicted molar refractivity (Wildman–Crippen MR) is 110 cm³/mol. The van der Waals surface area contributed by atoms with E-state index < -0.39 is 17.0 Å². The van der Waals surface area contributed by atoms with Crippen LogP contribution in [-0.2, 0) is 0 Å². The summed E-state index contributed by atoms with van der Waals surface area (Å²) >= 11 is 3.25. The Bertz CT molecular complexity index is 1190. The van der Waals surface area contributed by atoms with Crippen LogP contribution in [0.3, 0.4) is 0 Å². The van der Waals surface area contributed by atoms with Gasteiger partial charge in [0.1, 0.15) is 11.5 Å². The first kappa shape index (κ1) is 20.5. The molecule has 9 heteroatoms. The van der Waals surface area contributed by atoms with Crippen LogP contribution in [0.2, 0.25) is 0 Å². The van der Waals surface area contributed by atoms with Crippen LogP contribution in [0, 0.1) is 13.8 Å². The molecular weight excluding hydrogens is 444 g/mol. The van der Waals surface area contributed by atoms with Crippen molar-refractivity contribution in [2.24, 2.45) is 0 Å². The second-order valence-electron chi connectivity index (χ2n) is 6.62. The third kappa shape index (κ3) is 3.73. The average molecular weight is 463 g/mol. The molecule has 2 aromatic heterocycles. The summed E-state index contributed by atoms with van der Waals surface area (Å²) in [4.78, 5) is 29.8. The van der Waals surface area contributed by atoms with E-state index in [0.29, 0.717) is 21.4 Å². The molecular formula is C20H19BrN2O6. The van der Waals surface area contributed by atoms with Crippen molar-refractivity contribution in [2.45, 2.75) is 19.8 Å². The number of aromatic amines is 2. The van der Waals surface area contributed by atoms with E-state index >= 15 is 0 Å². The highest BCUT2D eigenvalue weighted by Crippen LogP contribution is 2.44. The molecule has 0 aliphatic carbocycles. The minimum absolute atomic E-state index is 0.0271. The van der Waals surface area contributed by atoms with Crippen LogP contribution in [-0.4, -0.2) is 32.4 Å². The number of pyridine rings is 2. The summed E-state index contributed by atoms with van der Waals surface area (Å²) < 4.78 is 5.49. The van der Waals surface area contributed by atoms with E-state index in [2.05, 4.69) is 25.9 Å². The third-order valence-electron chi connectivity index (χ3n) is 4.62. The number of aromatic nitrogens is 2. The summed E-state index contributed by atoms with van der Waals surface area (Å²) in [6.07, 6.45) is 0. The molecule has 1 unspecified atom stereocenters. The molecule has 3 aromatic rings. The second kappa shape index (κ2) is 7.67. The number of phenolic OH excluding ortho intramolecular Hbond substituents is 1. The van der Waals surface area contributed by atoms with Crippen LogP contribution < -0.4 is 15.9 Å². The Balaban J connectivity index is 2.44. The van der Waals surface area contributed by atoms with Crippen molar-refractivity contribution in [2.75, 3.05) is 7.11 Å². The maximum absolute atomic E-state index is 12.8. The van der Waals surface area contributed by atoms with Gasteiger partial charge in [-0.1, -0.05) is 0 Å². The lowest BCUT2D eigenvalue weighted by Gasteiger charge is -2.23. The average Bonchev–Trinajstić information content (AvgIpc) is 2.61. The van der Waals surface area contributed by atoms with Crippen LogP contribution >= 0.6 is 15.9 Å². The van der Waals surface area contributed by atoms with Gasteiger partial charge in [-0.25, -0.2) is 0 Å². The number of halogens is 1. The van der Waals surface area contributed by atoms with Crippen LogP contribution in [0.15, 0.2) is 38.3 Å². The van der Waals surface area contributed by atoms with Crippen molar-refractivity contribution in [1.82, 2.24) is 9.97 Å². The smallest absolute Gasteiger partial charge is 0.256 e. The second-order valence-corrected chi connectivity index (χ2v) is 7.48. The summed E-state index contributed by atoms with van der Waals surface area (Å²) in [5, 5.41) is 31.3. The summed E-state index contributed by atoms with van der Waals surface area (Å²) in [7, 11) is 1.37. The Hall–Kier alpha value is -3.20. The fourth-order valence-corrected chi connectivity index (χ4v) is 3.86. The number of hydrogen-bond acceptors (Lipinski definition) is 6. The first-order valence-electron chi connectivity index (χ1n) is 8.56. The highest BCUT2D eigenvalue weighted by Gasteiger charge is 2.29. The lowest BCUT2D eigenvalue weighted by molar-refractivity contribution is 0.371. The van der Waals surface area contributed by atoms with Gasteiger partial charge in [-0.2, -0.15) is 0 Å². The number of nitrogens with one attached hydrogen (secondary N) is 2. The molecule has 0 bridgehead atoms. The van der Waals surface area contributed by atoms with Gasteiger partial charge >= 0.3 is 0 Å². The number of hydrogen-bond donors (Lipinski definition) is 5. The monoisotopic (exact) mass is 462 g/mol. The minimum Gasteiger partial charge on any atom is -0.507 e. The van der Waals surface area contributed by atoms with Crippen molar-refractivity contribution in [1.29, 1.82) is 0 Å². The van der Waals surface area contributed by atoms with Crippen LogP contribution in [0.4, 0.5) is 0 Å². The van der Waals surface area contributed by atoms with Gasteiger partial charge in [-0.05, 0) is 53.5 Å². The topological polar surface area (TPSA) is 136 Å². The molecule has 8 nitrogen and oxygen atoms in total. The van der Waals surface area contributed by atoms with Gasteiger partial charge in [0, 0.05) is 28.9 Å². The summed E-state index contributed by atoms with van der Waals surface area (Å²) in [5.74, 6) is -1.59. The van der Waals surface area contributed by atoms with E-state index in [1.54, 1.807) is 19.9 Å². The zero-order chi connectivity index (χ0) is 21.5. The molecule has 152 valence electrons. The van der Waals surface area contributed by atoms with E-state index in [9.17, 15) is 24.9 Å². The Labute approximate surface area is 173 Å². The van der Waals surface area contributed by atoms with Crippen molar-refractivity contribution in [3.8, 4) is 23.0 Å². The number of benzene rings is 1. The van der Waals surface area contributed by atoms with Gasteiger partial charge < -0.3 is 30.0 Å². The van der Waals surface area contributed by atoms with Crippen LogP contribution in [0.25, 0.3) is 0 Å². The summed E-state index contributed by atoms with van der Waals surface area (Å²) in [6.45, 7) is 3.21. The fraction of sp³-hybridized carbons (Fsp3) is 0.200. The maximum Gasteiger partial charge on any atom is 0.256 e. The van der Waals surface area contributed by atoms with Gasteiger partial charge in [0.05, 0.1) is 17.1 Å². The number of ether oxygens (including phenoxy) is 1. The molecule has 0 fully saturated rings. The Kier molecular flexibility index (Phi) is 5.43. The predicted octanol–water partition coefficient (Wildman–Crippen LogP) is 2.75. The van der Waals surface area contributed by atoms with Crippen LogP contribution in [0.5, 0.6) is 23.0 Å². The molecule has 5 N–H and O–H groups in total. The molecule has 0 spiro atoms. The number of methoxy groups -OCH3 is 1. The van der Waals surface area contributed by atoms with E-state index in [-0.39, 0.29) is 34.1 Å². The molecule has 0 saturated heterocycles. The normalized spacial score (nSPS) is 12.0. The number of rotatable bonds is 4. The molecule has 3 rings (SSSR count). The maximum atomic E-state index is 12.8. The van der Waals surface area contributed by atoms with Gasteiger partial charge in [0.25, 0.3) is 11.1 Å². The SMILES string of the molecule is COc1cc(C(c2c(O)cc(=O)[nH]c2C)c2c(O)cc(C)[nH]c2=O)cc(Br)c1O. The van der Waals surface area contributed by atoms with Gasteiger partial charge in [-0.15, -0.1) is 0 Å². The van der Waals surface area contributed by atoms with E-state index in [0.717, 1.165) is 6.07 Å². The first-order valence-corrected chi connectivity index (χ1v) is 9.35. The van der Waals surface area contributed by atoms with Gasteiger partial charge in [0.2, 0.25) is 0 Å². The Morgan fingerprint density at radius 1 is 0.966 bits per heavy atom. The number of aryl methyl sites for hydroxylation is 2. The van der Waals surface area contributed by atoms with Crippen molar-refractivity contribution < 1.29 is 20.1 Å². The number of phenols is 1.